The molecule has 10 atom stereocenters. The third-order valence-electron chi connectivity index (χ3n) is 8.55. The van der Waals surface area contributed by atoms with Gasteiger partial charge in [0.2, 0.25) is 5.79 Å². The van der Waals surface area contributed by atoms with Crippen molar-refractivity contribution in [2.24, 2.45) is 29.6 Å². The molecule has 1 aromatic carbocycles. The summed E-state index contributed by atoms with van der Waals surface area (Å²) in [6, 6.07) is 9.82. The number of carbonyl (C=O) groups excluding carboxylic acids is 1. The van der Waals surface area contributed by atoms with Gasteiger partial charge < -0.3 is 24.1 Å². The Morgan fingerprint density at radius 1 is 0.889 bits per heavy atom. The fourth-order valence-corrected chi connectivity index (χ4v) is 5.89. The third-order valence-corrected chi connectivity index (χ3v) is 8.55. The molecule has 1 fully saturated rings. The first-order valence-electron chi connectivity index (χ1n) is 13.5. The van der Waals surface area contributed by atoms with Crippen LogP contribution in [0.1, 0.15) is 72.0 Å². The summed E-state index contributed by atoms with van der Waals surface area (Å²) in [5.74, 6) is -2.85. The summed E-state index contributed by atoms with van der Waals surface area (Å²) in [4.78, 5) is 13.5. The van der Waals surface area contributed by atoms with Gasteiger partial charge in [0.15, 0.2) is 0 Å². The number of carbonyl (C=O) groups is 1. The first-order valence-corrected chi connectivity index (χ1v) is 13.5. The van der Waals surface area contributed by atoms with Crippen LogP contribution >= 0.6 is 0 Å². The molecule has 36 heavy (non-hydrogen) atoms. The van der Waals surface area contributed by atoms with Crippen molar-refractivity contribution in [1.82, 2.24) is 0 Å². The van der Waals surface area contributed by atoms with Gasteiger partial charge in [0.1, 0.15) is 18.1 Å². The molecule has 2 aliphatic heterocycles. The van der Waals surface area contributed by atoms with Crippen LogP contribution in [0, 0.1) is 29.6 Å². The number of rotatable bonds is 3. The topological polar surface area (TPSA) is 74.2 Å². The van der Waals surface area contributed by atoms with Crippen LogP contribution < -0.4 is 0 Å². The number of methoxy groups -OCH3 is 2. The van der Waals surface area contributed by atoms with E-state index in [4.69, 9.17) is 18.9 Å². The minimum Gasteiger partial charge on any atom is -0.457 e. The number of fused-ring (bicyclic) bond motifs is 2. The lowest BCUT2D eigenvalue weighted by atomic mass is 9.73. The Bertz CT molecular complexity index is 856. The van der Waals surface area contributed by atoms with Gasteiger partial charge in [-0.3, -0.25) is 4.79 Å². The van der Waals surface area contributed by atoms with Crippen molar-refractivity contribution in [3.63, 3.8) is 0 Å². The molecule has 0 saturated carbocycles. The highest BCUT2D eigenvalue weighted by molar-refractivity contribution is 5.73. The number of hydrogen-bond acceptors (Lipinski definition) is 6. The molecule has 2 bridgehead atoms. The Labute approximate surface area is 217 Å². The summed E-state index contributed by atoms with van der Waals surface area (Å²) in [6.07, 6.45) is 6.64. The zero-order chi connectivity index (χ0) is 26.5. The van der Waals surface area contributed by atoms with Gasteiger partial charge in [-0.25, -0.2) is 0 Å². The number of ether oxygens (including phenoxy) is 4. The standard InChI is InChI=1S/C30H46O6/c1-19-17-18-20(2)27-21(3)22(4)28(34-7)30(32,36-27)23(5)29(31)35-26(24-13-9-8-10-14-24)16-12-11-15-25(19)33-6/h8-10,13-14,17-23,25-28,32H,11-12,15-16H2,1-7H3. The number of benzene rings is 1. The smallest absolute Gasteiger partial charge is 0.314 e. The fraction of sp³-hybridized carbons (Fsp3) is 0.700. The minimum atomic E-state index is -1.80. The van der Waals surface area contributed by atoms with Crippen LogP contribution in [0.5, 0.6) is 0 Å². The van der Waals surface area contributed by atoms with Crippen LogP contribution in [-0.2, 0) is 23.7 Å². The molecular weight excluding hydrogens is 456 g/mol. The van der Waals surface area contributed by atoms with E-state index >= 15 is 0 Å². The van der Waals surface area contributed by atoms with Crippen LogP contribution in [-0.4, -0.2) is 49.4 Å². The maximum absolute atomic E-state index is 13.5. The maximum Gasteiger partial charge on any atom is 0.314 e. The van der Waals surface area contributed by atoms with Gasteiger partial charge in [0, 0.05) is 26.1 Å². The second kappa shape index (κ2) is 12.7. The third kappa shape index (κ3) is 6.21. The largest absolute Gasteiger partial charge is 0.457 e. The molecule has 10 unspecified atom stereocenters. The van der Waals surface area contributed by atoms with E-state index in [1.807, 2.05) is 30.3 Å². The van der Waals surface area contributed by atoms with Crippen LogP contribution in [0.2, 0.25) is 0 Å². The zero-order valence-corrected chi connectivity index (χ0v) is 23.1. The molecule has 2 heterocycles. The van der Waals surface area contributed by atoms with E-state index in [0.29, 0.717) is 6.42 Å². The normalized spacial score (nSPS) is 41.0. The molecule has 0 spiro atoms. The predicted octanol–water partition coefficient (Wildman–Crippen LogP) is 5.70. The monoisotopic (exact) mass is 502 g/mol. The molecule has 1 N–H and O–H groups in total. The lowest BCUT2D eigenvalue weighted by Crippen LogP contribution is -2.64. The Morgan fingerprint density at radius 2 is 1.53 bits per heavy atom. The summed E-state index contributed by atoms with van der Waals surface area (Å²) in [5, 5.41) is 11.9. The molecule has 6 nitrogen and oxygen atoms in total. The molecule has 0 radical (unpaired) electrons. The van der Waals surface area contributed by atoms with Crippen LogP contribution in [0.15, 0.2) is 42.5 Å². The minimum absolute atomic E-state index is 0.0277. The SMILES string of the molecule is COC1CCCCC(c2ccccc2)OC(=O)C(C)C2(O)OC(C(C)C=CC1C)C(C)C(C)C2OC. The van der Waals surface area contributed by atoms with E-state index < -0.39 is 29.9 Å². The fourth-order valence-electron chi connectivity index (χ4n) is 5.89. The highest BCUT2D eigenvalue weighted by atomic mass is 16.7. The highest BCUT2D eigenvalue weighted by Crippen LogP contribution is 2.44. The molecule has 0 aromatic heterocycles. The Morgan fingerprint density at radius 3 is 2.17 bits per heavy atom. The van der Waals surface area contributed by atoms with E-state index in [2.05, 4.69) is 39.8 Å². The number of esters is 1. The highest BCUT2D eigenvalue weighted by Gasteiger charge is 2.57. The van der Waals surface area contributed by atoms with E-state index in [9.17, 15) is 9.90 Å². The Balaban J connectivity index is 1.99. The summed E-state index contributed by atoms with van der Waals surface area (Å²) < 4.78 is 24.1. The summed E-state index contributed by atoms with van der Waals surface area (Å²) in [5.41, 5.74) is 0.951. The first-order chi connectivity index (χ1) is 17.1. The molecule has 0 amide bonds. The van der Waals surface area contributed by atoms with Crippen LogP contribution in [0.25, 0.3) is 0 Å². The number of cyclic esters (lactones) is 1. The maximum atomic E-state index is 13.5. The van der Waals surface area contributed by atoms with Crippen molar-refractivity contribution in [3.8, 4) is 0 Å². The zero-order valence-electron chi connectivity index (χ0n) is 23.1. The van der Waals surface area contributed by atoms with Gasteiger partial charge in [0.25, 0.3) is 0 Å². The summed E-state index contributed by atoms with van der Waals surface area (Å²) in [7, 11) is 3.33. The lowest BCUT2D eigenvalue weighted by molar-refractivity contribution is -0.351. The van der Waals surface area contributed by atoms with Gasteiger partial charge in [-0.05, 0) is 43.6 Å². The molecule has 2 aliphatic rings. The molecule has 202 valence electrons. The average Bonchev–Trinajstić information content (AvgIpc) is 2.88. The quantitative estimate of drug-likeness (QED) is 0.422. The van der Waals surface area contributed by atoms with E-state index in [1.165, 1.54) is 0 Å². The summed E-state index contributed by atoms with van der Waals surface area (Å²) >= 11 is 0. The molecule has 1 aromatic rings. The Kier molecular flexibility index (Phi) is 10.2. The van der Waals surface area contributed by atoms with E-state index in [-0.39, 0.29) is 35.9 Å². The first kappa shape index (κ1) is 28.8. The van der Waals surface area contributed by atoms with Crippen LogP contribution in [0.4, 0.5) is 0 Å². The van der Waals surface area contributed by atoms with Crippen molar-refractivity contribution in [2.75, 3.05) is 14.2 Å². The summed E-state index contributed by atoms with van der Waals surface area (Å²) in [6.45, 7) is 10.2. The van der Waals surface area contributed by atoms with Crippen molar-refractivity contribution >= 4 is 5.97 Å². The second-order valence-corrected chi connectivity index (χ2v) is 10.9. The lowest BCUT2D eigenvalue weighted by Gasteiger charge is -2.52. The van der Waals surface area contributed by atoms with Gasteiger partial charge in [-0.15, -0.1) is 0 Å². The van der Waals surface area contributed by atoms with Gasteiger partial charge in [-0.1, -0.05) is 76.6 Å². The van der Waals surface area contributed by atoms with Gasteiger partial charge in [0.05, 0.1) is 12.2 Å². The van der Waals surface area contributed by atoms with Gasteiger partial charge in [-0.2, -0.15) is 0 Å². The van der Waals surface area contributed by atoms with Crippen molar-refractivity contribution < 1.29 is 28.8 Å². The molecule has 6 heteroatoms. The van der Waals surface area contributed by atoms with Crippen LogP contribution in [0.3, 0.4) is 0 Å². The van der Waals surface area contributed by atoms with E-state index in [0.717, 1.165) is 24.8 Å². The Hall–Kier alpha value is -1.73. The van der Waals surface area contributed by atoms with Crippen molar-refractivity contribution in [3.05, 3.63) is 48.0 Å². The van der Waals surface area contributed by atoms with Crippen molar-refractivity contribution in [2.45, 2.75) is 90.5 Å². The van der Waals surface area contributed by atoms with E-state index in [1.54, 1.807) is 21.1 Å². The predicted molar refractivity (Wildman–Crippen MR) is 140 cm³/mol. The molecule has 3 rings (SSSR count). The average molecular weight is 503 g/mol. The van der Waals surface area contributed by atoms with Gasteiger partial charge >= 0.3 is 5.97 Å². The number of hydrogen-bond donors (Lipinski definition) is 1. The molecular formula is C30H46O6. The molecule has 1 saturated heterocycles. The molecule has 0 aliphatic carbocycles. The second-order valence-electron chi connectivity index (χ2n) is 10.9. The number of aliphatic hydroxyl groups is 1. The van der Waals surface area contributed by atoms with Crippen molar-refractivity contribution in [1.29, 1.82) is 0 Å².